The van der Waals surface area contributed by atoms with Crippen molar-refractivity contribution in [3.05, 3.63) is 24.3 Å². The summed E-state index contributed by atoms with van der Waals surface area (Å²) in [5.41, 5.74) is -0.848. The number of hydrogen-bond donors (Lipinski definition) is 2. The first-order valence-electron chi connectivity index (χ1n) is 7.14. The molecule has 0 aliphatic rings. The number of benzene rings is 1. The molecule has 8 heteroatoms. The summed E-state index contributed by atoms with van der Waals surface area (Å²) in [5.74, 6) is -0.891. The largest absolute Gasteiger partial charge is 0.468 e. The second-order valence-electron chi connectivity index (χ2n) is 5.38. The lowest BCUT2D eigenvalue weighted by molar-refractivity contribution is -0.147. The fraction of sp³-hybridized carbons (Fsp3) is 0.467. The van der Waals surface area contributed by atoms with E-state index in [2.05, 4.69) is 10.0 Å². The van der Waals surface area contributed by atoms with Crippen molar-refractivity contribution in [1.82, 2.24) is 4.72 Å². The average molecular weight is 342 g/mol. The third-order valence-electron chi connectivity index (χ3n) is 3.23. The van der Waals surface area contributed by atoms with E-state index in [1.807, 2.05) is 6.92 Å². The third kappa shape index (κ3) is 5.04. The minimum atomic E-state index is -3.90. The second kappa shape index (κ2) is 7.56. The fourth-order valence-electron chi connectivity index (χ4n) is 2.20. The maximum atomic E-state index is 12.5. The number of sulfonamides is 1. The molecular formula is C15H22N2O5S. The van der Waals surface area contributed by atoms with Gasteiger partial charge in [0, 0.05) is 12.6 Å². The Morgan fingerprint density at radius 3 is 2.22 bits per heavy atom. The van der Waals surface area contributed by atoms with E-state index < -0.39 is 21.5 Å². The number of nitrogens with one attached hydrogen (secondary N) is 2. The van der Waals surface area contributed by atoms with Crippen LogP contribution in [0.4, 0.5) is 5.69 Å². The quantitative estimate of drug-likeness (QED) is 0.734. The lowest BCUT2D eigenvalue weighted by atomic mass is 9.98. The Labute approximate surface area is 136 Å². The van der Waals surface area contributed by atoms with Gasteiger partial charge in [0.2, 0.25) is 15.9 Å². The number of hydrogen-bond acceptors (Lipinski definition) is 5. The van der Waals surface area contributed by atoms with Crippen LogP contribution in [0, 0.1) is 0 Å². The maximum Gasteiger partial charge on any atom is 0.326 e. The van der Waals surface area contributed by atoms with Gasteiger partial charge in [0.15, 0.2) is 0 Å². The summed E-state index contributed by atoms with van der Waals surface area (Å²) >= 11 is 0. The van der Waals surface area contributed by atoms with Gasteiger partial charge < -0.3 is 10.1 Å². The summed E-state index contributed by atoms with van der Waals surface area (Å²) in [6, 6.07) is 5.67. The SMILES string of the molecule is CCC[C@@](C)(NS(=O)(=O)c1ccc(NC(C)=O)cc1)C(=O)OC. The molecule has 1 aromatic rings. The van der Waals surface area contributed by atoms with Crippen LogP contribution in [-0.2, 0) is 24.3 Å². The van der Waals surface area contributed by atoms with Gasteiger partial charge in [-0.1, -0.05) is 13.3 Å². The summed E-state index contributed by atoms with van der Waals surface area (Å²) in [7, 11) is -2.69. The van der Waals surface area contributed by atoms with Crippen LogP contribution in [0.2, 0.25) is 0 Å². The van der Waals surface area contributed by atoms with Crippen LogP contribution in [0.1, 0.15) is 33.6 Å². The molecule has 1 atom stereocenters. The first kappa shape index (κ1) is 19.1. The molecule has 128 valence electrons. The highest BCUT2D eigenvalue weighted by Crippen LogP contribution is 2.20. The highest BCUT2D eigenvalue weighted by Gasteiger charge is 2.38. The molecular weight excluding hydrogens is 320 g/mol. The van der Waals surface area contributed by atoms with Crippen LogP contribution in [0.15, 0.2) is 29.2 Å². The molecule has 0 fully saturated rings. The molecule has 7 nitrogen and oxygen atoms in total. The zero-order valence-corrected chi connectivity index (χ0v) is 14.5. The number of carbonyl (C=O) groups is 2. The van der Waals surface area contributed by atoms with Crippen molar-refractivity contribution >= 4 is 27.6 Å². The molecule has 0 unspecified atom stereocenters. The first-order chi connectivity index (χ1) is 10.6. The van der Waals surface area contributed by atoms with Crippen LogP contribution >= 0.6 is 0 Å². The molecule has 0 aliphatic heterocycles. The monoisotopic (exact) mass is 342 g/mol. The Balaban J connectivity index is 3.05. The lowest BCUT2D eigenvalue weighted by Crippen LogP contribution is -2.52. The number of methoxy groups -OCH3 is 1. The van der Waals surface area contributed by atoms with Gasteiger partial charge in [-0.3, -0.25) is 9.59 Å². The van der Waals surface area contributed by atoms with Gasteiger partial charge in [0.25, 0.3) is 0 Å². The standard InChI is InChI=1S/C15H22N2O5S/c1-5-10-15(3,14(19)22-4)17-23(20,21)13-8-6-12(7-9-13)16-11(2)18/h6-9,17H,5,10H2,1-4H3,(H,16,18)/t15-/m1/s1. The summed E-state index contributed by atoms with van der Waals surface area (Å²) in [6.07, 6.45) is 0.915. The fourth-order valence-corrected chi connectivity index (χ4v) is 3.59. The Morgan fingerprint density at radius 1 is 1.22 bits per heavy atom. The zero-order valence-electron chi connectivity index (χ0n) is 13.7. The molecule has 2 N–H and O–H groups in total. The Morgan fingerprint density at radius 2 is 1.78 bits per heavy atom. The van der Waals surface area contributed by atoms with Crippen molar-refractivity contribution in [1.29, 1.82) is 0 Å². The van der Waals surface area contributed by atoms with Gasteiger partial charge in [0.05, 0.1) is 12.0 Å². The van der Waals surface area contributed by atoms with Crippen molar-refractivity contribution in [2.75, 3.05) is 12.4 Å². The number of rotatable bonds is 7. The van der Waals surface area contributed by atoms with Crippen LogP contribution in [0.3, 0.4) is 0 Å². The van der Waals surface area contributed by atoms with Gasteiger partial charge in [-0.25, -0.2) is 8.42 Å². The molecule has 0 saturated heterocycles. The topological polar surface area (TPSA) is 102 Å². The molecule has 0 bridgehead atoms. The highest BCUT2D eigenvalue weighted by atomic mass is 32.2. The minimum absolute atomic E-state index is 0.00201. The average Bonchev–Trinajstić information content (AvgIpc) is 2.46. The van der Waals surface area contributed by atoms with Gasteiger partial charge in [-0.05, 0) is 37.6 Å². The Hall–Kier alpha value is -1.93. The molecule has 0 heterocycles. The van der Waals surface area contributed by atoms with Crippen molar-refractivity contribution in [3.63, 3.8) is 0 Å². The summed E-state index contributed by atoms with van der Waals surface area (Å²) in [6.45, 7) is 4.70. The Bertz CT molecular complexity index is 670. The number of carbonyl (C=O) groups excluding carboxylic acids is 2. The van der Waals surface area contributed by atoms with Crippen molar-refractivity contribution in [2.24, 2.45) is 0 Å². The maximum absolute atomic E-state index is 12.5. The van der Waals surface area contributed by atoms with E-state index >= 15 is 0 Å². The molecule has 0 aliphatic carbocycles. The highest BCUT2D eigenvalue weighted by molar-refractivity contribution is 7.89. The third-order valence-corrected chi connectivity index (χ3v) is 4.84. The van der Waals surface area contributed by atoms with Crippen LogP contribution in [-0.4, -0.2) is 32.9 Å². The molecule has 23 heavy (non-hydrogen) atoms. The van der Waals surface area contributed by atoms with E-state index in [-0.39, 0.29) is 10.8 Å². The summed E-state index contributed by atoms with van der Waals surface area (Å²) < 4.78 is 32.0. The van der Waals surface area contributed by atoms with E-state index in [1.54, 1.807) is 0 Å². The smallest absolute Gasteiger partial charge is 0.326 e. The van der Waals surface area contributed by atoms with E-state index in [4.69, 9.17) is 4.74 Å². The van der Waals surface area contributed by atoms with Gasteiger partial charge in [0.1, 0.15) is 5.54 Å². The molecule has 1 aromatic carbocycles. The van der Waals surface area contributed by atoms with E-state index in [0.29, 0.717) is 18.5 Å². The summed E-state index contributed by atoms with van der Waals surface area (Å²) in [5, 5.41) is 2.55. The summed E-state index contributed by atoms with van der Waals surface area (Å²) in [4.78, 5) is 22.9. The molecule has 0 radical (unpaired) electrons. The van der Waals surface area contributed by atoms with Crippen molar-refractivity contribution < 1.29 is 22.7 Å². The predicted octanol–water partition coefficient (Wildman–Crippen LogP) is 1.66. The van der Waals surface area contributed by atoms with Crippen LogP contribution in [0.5, 0.6) is 0 Å². The van der Waals surface area contributed by atoms with E-state index in [0.717, 1.165) is 0 Å². The molecule has 1 amide bonds. The second-order valence-corrected chi connectivity index (χ2v) is 7.07. The van der Waals surface area contributed by atoms with Crippen molar-refractivity contribution in [3.8, 4) is 0 Å². The van der Waals surface area contributed by atoms with Gasteiger partial charge >= 0.3 is 5.97 Å². The number of esters is 1. The van der Waals surface area contributed by atoms with Crippen molar-refractivity contribution in [2.45, 2.75) is 44.0 Å². The number of ether oxygens (including phenoxy) is 1. The lowest BCUT2D eigenvalue weighted by Gasteiger charge is -2.27. The van der Waals surface area contributed by atoms with Crippen LogP contribution < -0.4 is 10.0 Å². The number of amides is 1. The molecule has 0 spiro atoms. The van der Waals surface area contributed by atoms with Gasteiger partial charge in [-0.2, -0.15) is 4.72 Å². The molecule has 0 saturated carbocycles. The van der Waals surface area contributed by atoms with E-state index in [1.165, 1.54) is 45.2 Å². The normalized spacial score (nSPS) is 13.9. The Kier molecular flexibility index (Phi) is 6.28. The molecule has 0 aromatic heterocycles. The van der Waals surface area contributed by atoms with E-state index in [9.17, 15) is 18.0 Å². The van der Waals surface area contributed by atoms with Crippen LogP contribution in [0.25, 0.3) is 0 Å². The van der Waals surface area contributed by atoms with Gasteiger partial charge in [-0.15, -0.1) is 0 Å². The zero-order chi connectivity index (χ0) is 17.7. The first-order valence-corrected chi connectivity index (χ1v) is 8.63. The minimum Gasteiger partial charge on any atom is -0.468 e. The molecule has 1 rings (SSSR count). The number of anilines is 1. The predicted molar refractivity (Wildman–Crippen MR) is 86.4 cm³/mol.